The van der Waals surface area contributed by atoms with Crippen LogP contribution in [0, 0.1) is 6.92 Å². The highest BCUT2D eigenvalue weighted by Gasteiger charge is 2.29. The van der Waals surface area contributed by atoms with E-state index in [1.54, 1.807) is 0 Å². The molecule has 0 aliphatic carbocycles. The van der Waals surface area contributed by atoms with Gasteiger partial charge in [0.1, 0.15) is 0 Å². The smallest absolute Gasteiger partial charge is 0.227 e. The molecule has 1 atom stereocenters. The lowest BCUT2D eigenvalue weighted by molar-refractivity contribution is -0.131. The molecule has 1 saturated heterocycles. The van der Waals surface area contributed by atoms with Gasteiger partial charge in [0.05, 0.1) is 12.5 Å². The van der Waals surface area contributed by atoms with E-state index in [1.165, 1.54) is 11.1 Å². The minimum absolute atomic E-state index is 0. The lowest BCUT2D eigenvalue weighted by Gasteiger charge is -2.25. The normalized spacial score (nSPS) is 16.9. The zero-order valence-electron chi connectivity index (χ0n) is 13.4. The van der Waals surface area contributed by atoms with Crippen LogP contribution in [-0.2, 0) is 11.2 Å². The number of hydrogen-bond donors (Lipinski definition) is 1. The molecule has 1 heterocycles. The highest BCUT2D eigenvalue weighted by molar-refractivity contribution is 5.85. The average Bonchev–Trinajstić information content (AvgIpc) is 2.99. The summed E-state index contributed by atoms with van der Waals surface area (Å²) >= 11 is 0. The van der Waals surface area contributed by atoms with Crippen LogP contribution in [0.1, 0.15) is 35.6 Å². The number of rotatable bonds is 3. The summed E-state index contributed by atoms with van der Waals surface area (Å²) in [7, 11) is 0. The van der Waals surface area contributed by atoms with Crippen LogP contribution in [0.3, 0.4) is 0 Å². The highest BCUT2D eigenvalue weighted by Crippen LogP contribution is 2.32. The summed E-state index contributed by atoms with van der Waals surface area (Å²) in [5.41, 5.74) is 9.95. The minimum Gasteiger partial charge on any atom is -0.399 e. The van der Waals surface area contributed by atoms with Crippen molar-refractivity contribution in [3.8, 4) is 0 Å². The predicted octanol–water partition coefficient (Wildman–Crippen LogP) is 3.91. The Hall–Kier alpha value is -2.00. The molecule has 2 aromatic rings. The maximum Gasteiger partial charge on any atom is 0.227 e. The number of amides is 1. The molecule has 2 N–H and O–H groups in total. The third-order valence-electron chi connectivity index (χ3n) is 4.34. The van der Waals surface area contributed by atoms with Crippen molar-refractivity contribution in [2.24, 2.45) is 0 Å². The Kier molecular flexibility index (Phi) is 5.67. The molecule has 1 unspecified atom stereocenters. The molecule has 122 valence electrons. The van der Waals surface area contributed by atoms with Crippen molar-refractivity contribution >= 4 is 24.0 Å². The Morgan fingerprint density at radius 1 is 1.22 bits per heavy atom. The van der Waals surface area contributed by atoms with Crippen molar-refractivity contribution in [1.29, 1.82) is 0 Å². The van der Waals surface area contributed by atoms with E-state index in [9.17, 15) is 4.79 Å². The third-order valence-corrected chi connectivity index (χ3v) is 4.34. The fourth-order valence-electron chi connectivity index (χ4n) is 3.20. The topological polar surface area (TPSA) is 46.3 Å². The average molecular weight is 331 g/mol. The molecule has 0 aromatic heterocycles. The second-order valence-electron chi connectivity index (χ2n) is 6.08. The van der Waals surface area contributed by atoms with Gasteiger partial charge in [-0.1, -0.05) is 42.0 Å². The van der Waals surface area contributed by atoms with Gasteiger partial charge in [-0.25, -0.2) is 0 Å². The Morgan fingerprint density at radius 3 is 2.65 bits per heavy atom. The quantitative estimate of drug-likeness (QED) is 0.867. The number of aryl methyl sites for hydroxylation is 1. The van der Waals surface area contributed by atoms with Gasteiger partial charge in [-0.3, -0.25) is 4.79 Å². The number of nitrogens with zero attached hydrogens (tertiary/aromatic N) is 1. The predicted molar refractivity (Wildman–Crippen MR) is 96.7 cm³/mol. The van der Waals surface area contributed by atoms with E-state index >= 15 is 0 Å². The van der Waals surface area contributed by atoms with Crippen LogP contribution in [0.5, 0.6) is 0 Å². The number of likely N-dealkylation sites (tertiary alicyclic amines) is 1. The molecule has 1 amide bonds. The van der Waals surface area contributed by atoms with Gasteiger partial charge in [-0.15, -0.1) is 12.4 Å². The SMILES string of the molecule is Cc1cccc(C2CCCN2C(=O)Cc2ccc(N)cc2)c1.Cl. The van der Waals surface area contributed by atoms with Crippen LogP contribution in [-0.4, -0.2) is 17.4 Å². The number of carbonyl (C=O) groups is 1. The standard InChI is InChI=1S/C19H22N2O.ClH/c1-14-4-2-5-16(12-14)18-6-3-11-21(18)19(22)13-15-7-9-17(20)10-8-15;/h2,4-5,7-10,12,18H,3,6,11,13,20H2,1H3;1H. The van der Waals surface area contributed by atoms with E-state index in [0.29, 0.717) is 6.42 Å². The molecule has 23 heavy (non-hydrogen) atoms. The fraction of sp³-hybridized carbons (Fsp3) is 0.316. The fourth-order valence-corrected chi connectivity index (χ4v) is 3.20. The van der Waals surface area contributed by atoms with Crippen molar-refractivity contribution < 1.29 is 4.79 Å². The van der Waals surface area contributed by atoms with Crippen LogP contribution in [0.4, 0.5) is 5.69 Å². The van der Waals surface area contributed by atoms with Crippen LogP contribution < -0.4 is 5.73 Å². The van der Waals surface area contributed by atoms with Crippen molar-refractivity contribution in [2.75, 3.05) is 12.3 Å². The zero-order chi connectivity index (χ0) is 15.5. The van der Waals surface area contributed by atoms with Gasteiger partial charge in [0.15, 0.2) is 0 Å². The monoisotopic (exact) mass is 330 g/mol. The third kappa shape index (κ3) is 4.05. The highest BCUT2D eigenvalue weighted by atomic mass is 35.5. The lowest BCUT2D eigenvalue weighted by atomic mass is 10.0. The van der Waals surface area contributed by atoms with Gasteiger partial charge >= 0.3 is 0 Å². The summed E-state index contributed by atoms with van der Waals surface area (Å²) < 4.78 is 0. The van der Waals surface area contributed by atoms with Crippen molar-refractivity contribution in [1.82, 2.24) is 4.90 Å². The minimum atomic E-state index is 0. The number of hydrogen-bond acceptors (Lipinski definition) is 2. The van der Waals surface area contributed by atoms with Gasteiger partial charge in [-0.2, -0.15) is 0 Å². The molecular formula is C19H23ClN2O. The Labute approximate surface area is 143 Å². The maximum absolute atomic E-state index is 12.7. The summed E-state index contributed by atoms with van der Waals surface area (Å²) in [6, 6.07) is 16.3. The first-order valence-electron chi connectivity index (χ1n) is 7.84. The molecule has 1 aliphatic heterocycles. The summed E-state index contributed by atoms with van der Waals surface area (Å²) in [5, 5.41) is 0. The molecule has 0 spiro atoms. The second kappa shape index (κ2) is 7.51. The molecule has 0 bridgehead atoms. The van der Waals surface area contributed by atoms with Gasteiger partial charge in [0.2, 0.25) is 5.91 Å². The number of nitrogens with two attached hydrogens (primary N) is 1. The molecule has 4 heteroatoms. The maximum atomic E-state index is 12.7. The molecule has 1 aliphatic rings. The molecule has 0 radical (unpaired) electrons. The van der Waals surface area contributed by atoms with E-state index in [0.717, 1.165) is 30.6 Å². The van der Waals surface area contributed by atoms with E-state index < -0.39 is 0 Å². The van der Waals surface area contributed by atoms with Gasteiger partial charge in [0, 0.05) is 12.2 Å². The summed E-state index contributed by atoms with van der Waals surface area (Å²) in [6.45, 7) is 2.95. The number of anilines is 1. The van der Waals surface area contributed by atoms with Crippen LogP contribution in [0.15, 0.2) is 48.5 Å². The summed E-state index contributed by atoms with van der Waals surface area (Å²) in [5.74, 6) is 0.203. The molecular weight excluding hydrogens is 308 g/mol. The Morgan fingerprint density at radius 2 is 1.96 bits per heavy atom. The van der Waals surface area contributed by atoms with Crippen molar-refractivity contribution in [3.05, 3.63) is 65.2 Å². The van der Waals surface area contributed by atoms with E-state index in [4.69, 9.17) is 5.73 Å². The summed E-state index contributed by atoms with van der Waals surface area (Å²) in [4.78, 5) is 14.7. The number of carbonyl (C=O) groups excluding carboxylic acids is 1. The first-order valence-corrected chi connectivity index (χ1v) is 7.84. The van der Waals surface area contributed by atoms with Crippen molar-refractivity contribution in [2.45, 2.75) is 32.2 Å². The summed E-state index contributed by atoms with van der Waals surface area (Å²) in [6.07, 6.45) is 2.58. The first kappa shape index (κ1) is 17.4. The zero-order valence-corrected chi connectivity index (χ0v) is 14.2. The Bertz CT molecular complexity index is 669. The van der Waals surface area contributed by atoms with Gasteiger partial charge < -0.3 is 10.6 Å². The van der Waals surface area contributed by atoms with Crippen LogP contribution >= 0.6 is 12.4 Å². The van der Waals surface area contributed by atoms with E-state index in [1.807, 2.05) is 29.2 Å². The second-order valence-corrected chi connectivity index (χ2v) is 6.08. The molecule has 0 saturated carbocycles. The molecule has 2 aromatic carbocycles. The van der Waals surface area contributed by atoms with E-state index in [-0.39, 0.29) is 24.4 Å². The molecule has 3 rings (SSSR count). The lowest BCUT2D eigenvalue weighted by Crippen LogP contribution is -2.31. The van der Waals surface area contributed by atoms with Gasteiger partial charge in [0.25, 0.3) is 0 Å². The van der Waals surface area contributed by atoms with E-state index in [2.05, 4.69) is 31.2 Å². The van der Waals surface area contributed by atoms with Crippen LogP contribution in [0.25, 0.3) is 0 Å². The van der Waals surface area contributed by atoms with Crippen LogP contribution in [0.2, 0.25) is 0 Å². The number of benzene rings is 2. The van der Waals surface area contributed by atoms with Gasteiger partial charge in [-0.05, 0) is 43.0 Å². The molecule has 3 nitrogen and oxygen atoms in total. The van der Waals surface area contributed by atoms with Crippen molar-refractivity contribution in [3.63, 3.8) is 0 Å². The first-order chi connectivity index (χ1) is 10.6. The molecule has 1 fully saturated rings. The largest absolute Gasteiger partial charge is 0.399 e. The number of halogens is 1. The number of nitrogen functional groups attached to an aromatic ring is 1. The Balaban J connectivity index is 0.00000192.